The lowest BCUT2D eigenvalue weighted by Crippen LogP contribution is -2.45. The van der Waals surface area contributed by atoms with Crippen molar-refractivity contribution in [1.29, 1.82) is 0 Å². The minimum absolute atomic E-state index is 0.161. The average Bonchev–Trinajstić information content (AvgIpc) is 2.65. The lowest BCUT2D eigenvalue weighted by molar-refractivity contribution is 0.190. The van der Waals surface area contributed by atoms with Gasteiger partial charge in [-0.1, -0.05) is 32.6 Å². The zero-order valence-corrected chi connectivity index (χ0v) is 12.3. The molecule has 0 spiro atoms. The van der Waals surface area contributed by atoms with Gasteiger partial charge in [0.05, 0.1) is 5.54 Å². The van der Waals surface area contributed by atoms with Crippen molar-refractivity contribution < 1.29 is 4.74 Å². The number of ether oxygens (including phenoxy) is 1. The molecule has 5 nitrogen and oxygen atoms in total. The molecule has 0 aromatic carbocycles. The van der Waals surface area contributed by atoms with Gasteiger partial charge in [-0.2, -0.15) is 0 Å². The van der Waals surface area contributed by atoms with Gasteiger partial charge < -0.3 is 15.0 Å². The van der Waals surface area contributed by atoms with Gasteiger partial charge in [0.2, 0.25) is 0 Å². The van der Waals surface area contributed by atoms with Gasteiger partial charge in [-0.05, 0) is 19.3 Å². The number of rotatable bonds is 5. The van der Waals surface area contributed by atoms with Gasteiger partial charge >= 0.3 is 5.56 Å². The number of nitrogens with zero attached hydrogens (tertiary/aromatic N) is 2. The van der Waals surface area contributed by atoms with Crippen LogP contribution >= 0.6 is 0 Å². The minimum atomic E-state index is -0.309. The number of hydrogen-bond donors (Lipinski definition) is 1. The van der Waals surface area contributed by atoms with Gasteiger partial charge in [-0.25, -0.2) is 4.98 Å². The Balaban J connectivity index is 2.03. The molecule has 0 atom stereocenters. The monoisotopic (exact) mass is 279 g/mol. The molecule has 2 rings (SSSR count). The maximum absolute atomic E-state index is 12.1. The molecule has 1 saturated carbocycles. The summed E-state index contributed by atoms with van der Waals surface area (Å²) < 4.78 is 7.29. The molecule has 0 aliphatic heterocycles. The molecule has 5 heteroatoms. The topological polar surface area (TPSA) is 70.1 Å². The van der Waals surface area contributed by atoms with Gasteiger partial charge in [-0.15, -0.1) is 0 Å². The molecule has 0 unspecified atom stereocenters. The Labute approximate surface area is 120 Å². The van der Waals surface area contributed by atoms with Crippen molar-refractivity contribution in [3.8, 4) is 5.88 Å². The molecule has 1 aliphatic carbocycles. The number of hydrogen-bond acceptors (Lipinski definition) is 4. The SMILES string of the molecule is CCCn1ccnc(OCC2(N)CCCCCC2)c1=O. The first kappa shape index (κ1) is 15.0. The highest BCUT2D eigenvalue weighted by atomic mass is 16.5. The molecular formula is C15H25N3O2. The molecule has 0 radical (unpaired) electrons. The lowest BCUT2D eigenvalue weighted by Gasteiger charge is -2.27. The lowest BCUT2D eigenvalue weighted by atomic mass is 9.93. The quantitative estimate of drug-likeness (QED) is 0.838. The van der Waals surface area contributed by atoms with E-state index in [1.807, 2.05) is 6.92 Å². The molecule has 1 aliphatic rings. The molecule has 1 heterocycles. The van der Waals surface area contributed by atoms with E-state index in [9.17, 15) is 4.79 Å². The van der Waals surface area contributed by atoms with Crippen LogP contribution < -0.4 is 16.0 Å². The van der Waals surface area contributed by atoms with Crippen molar-refractivity contribution >= 4 is 0 Å². The fourth-order valence-corrected chi connectivity index (χ4v) is 2.73. The Hall–Kier alpha value is -1.36. The Kier molecular flexibility index (Phi) is 5.17. The van der Waals surface area contributed by atoms with E-state index in [1.54, 1.807) is 17.0 Å². The first-order valence-electron chi connectivity index (χ1n) is 7.62. The Morgan fingerprint density at radius 3 is 2.70 bits per heavy atom. The smallest absolute Gasteiger partial charge is 0.313 e. The van der Waals surface area contributed by atoms with Crippen LogP contribution in [0.2, 0.25) is 0 Å². The van der Waals surface area contributed by atoms with E-state index in [-0.39, 0.29) is 17.0 Å². The molecule has 2 N–H and O–H groups in total. The van der Waals surface area contributed by atoms with E-state index in [0.717, 1.165) is 32.1 Å². The number of aryl methyl sites for hydroxylation is 1. The number of nitrogens with two attached hydrogens (primary N) is 1. The molecule has 0 saturated heterocycles. The second-order valence-corrected chi connectivity index (χ2v) is 5.80. The molecule has 0 bridgehead atoms. The summed E-state index contributed by atoms with van der Waals surface area (Å²) in [5.74, 6) is 0.176. The van der Waals surface area contributed by atoms with Gasteiger partial charge in [0, 0.05) is 18.9 Å². The fourth-order valence-electron chi connectivity index (χ4n) is 2.73. The molecule has 1 fully saturated rings. The van der Waals surface area contributed by atoms with Gasteiger partial charge in [0.1, 0.15) is 6.61 Å². The van der Waals surface area contributed by atoms with Crippen molar-refractivity contribution in [1.82, 2.24) is 9.55 Å². The van der Waals surface area contributed by atoms with Crippen molar-refractivity contribution in [2.75, 3.05) is 6.61 Å². The van der Waals surface area contributed by atoms with E-state index in [2.05, 4.69) is 4.98 Å². The predicted molar refractivity (Wildman–Crippen MR) is 78.9 cm³/mol. The van der Waals surface area contributed by atoms with Crippen molar-refractivity contribution in [2.45, 2.75) is 64.0 Å². The molecule has 0 amide bonds. The zero-order chi connectivity index (χ0) is 14.4. The highest BCUT2D eigenvalue weighted by molar-refractivity contribution is 5.05. The van der Waals surface area contributed by atoms with E-state index >= 15 is 0 Å². The Morgan fingerprint density at radius 1 is 1.35 bits per heavy atom. The molecular weight excluding hydrogens is 254 g/mol. The average molecular weight is 279 g/mol. The normalized spacial score (nSPS) is 18.5. The van der Waals surface area contributed by atoms with Crippen molar-refractivity contribution in [2.24, 2.45) is 5.73 Å². The third kappa shape index (κ3) is 3.82. The van der Waals surface area contributed by atoms with Crippen LogP contribution in [0.3, 0.4) is 0 Å². The maximum atomic E-state index is 12.1. The first-order chi connectivity index (χ1) is 9.64. The zero-order valence-electron chi connectivity index (χ0n) is 12.3. The van der Waals surface area contributed by atoms with Crippen molar-refractivity contribution in [3.05, 3.63) is 22.7 Å². The summed E-state index contributed by atoms with van der Waals surface area (Å²) in [6, 6.07) is 0. The van der Waals surface area contributed by atoms with Crippen LogP contribution in [-0.4, -0.2) is 21.7 Å². The van der Waals surface area contributed by atoms with Crippen LogP contribution in [0.5, 0.6) is 5.88 Å². The second-order valence-electron chi connectivity index (χ2n) is 5.80. The second kappa shape index (κ2) is 6.88. The summed E-state index contributed by atoms with van der Waals surface area (Å²) in [6.45, 7) is 3.10. The molecule has 1 aromatic heterocycles. The van der Waals surface area contributed by atoms with Crippen LogP contribution in [-0.2, 0) is 6.54 Å². The van der Waals surface area contributed by atoms with Crippen LogP contribution in [0, 0.1) is 0 Å². The molecule has 1 aromatic rings. The standard InChI is InChI=1S/C15H25N3O2/c1-2-10-18-11-9-17-13(14(18)19)20-12-15(16)7-5-3-4-6-8-15/h9,11H,2-8,10,12,16H2,1H3. The minimum Gasteiger partial charge on any atom is -0.472 e. The molecule has 112 valence electrons. The fraction of sp³-hybridized carbons (Fsp3) is 0.733. The summed E-state index contributed by atoms with van der Waals surface area (Å²) in [7, 11) is 0. The van der Waals surface area contributed by atoms with Crippen LogP contribution in [0.25, 0.3) is 0 Å². The van der Waals surface area contributed by atoms with Crippen LogP contribution in [0.4, 0.5) is 0 Å². The Morgan fingerprint density at radius 2 is 2.05 bits per heavy atom. The summed E-state index contributed by atoms with van der Waals surface area (Å²) in [4.78, 5) is 16.2. The van der Waals surface area contributed by atoms with Crippen LogP contribution in [0.15, 0.2) is 17.2 Å². The third-order valence-electron chi connectivity index (χ3n) is 3.94. The van der Waals surface area contributed by atoms with Gasteiger partial charge in [0.15, 0.2) is 0 Å². The van der Waals surface area contributed by atoms with E-state index in [4.69, 9.17) is 10.5 Å². The van der Waals surface area contributed by atoms with Gasteiger partial charge in [0.25, 0.3) is 5.88 Å². The first-order valence-corrected chi connectivity index (χ1v) is 7.62. The maximum Gasteiger partial charge on any atom is 0.313 e. The summed E-state index contributed by atoms with van der Waals surface area (Å²) in [6.07, 6.45) is 10.9. The Bertz CT molecular complexity index is 476. The summed E-state index contributed by atoms with van der Waals surface area (Å²) in [5, 5.41) is 0. The van der Waals surface area contributed by atoms with E-state index < -0.39 is 0 Å². The van der Waals surface area contributed by atoms with E-state index in [1.165, 1.54) is 12.8 Å². The van der Waals surface area contributed by atoms with Crippen LogP contribution in [0.1, 0.15) is 51.9 Å². The summed E-state index contributed by atoms with van der Waals surface area (Å²) in [5.41, 5.74) is 5.92. The largest absolute Gasteiger partial charge is 0.472 e. The van der Waals surface area contributed by atoms with E-state index in [0.29, 0.717) is 13.2 Å². The highest BCUT2D eigenvalue weighted by Gasteiger charge is 2.27. The molecule has 20 heavy (non-hydrogen) atoms. The highest BCUT2D eigenvalue weighted by Crippen LogP contribution is 2.25. The third-order valence-corrected chi connectivity index (χ3v) is 3.94. The predicted octanol–water partition coefficient (Wildman–Crippen LogP) is 2.08. The number of aromatic nitrogens is 2. The van der Waals surface area contributed by atoms with Crippen molar-refractivity contribution in [3.63, 3.8) is 0 Å². The van der Waals surface area contributed by atoms with Gasteiger partial charge in [-0.3, -0.25) is 4.79 Å². The summed E-state index contributed by atoms with van der Waals surface area (Å²) >= 11 is 0.